The molecule has 1 saturated heterocycles. The Bertz CT molecular complexity index is 1080. The first kappa shape index (κ1) is 19.6. The molecule has 2 aliphatic rings. The van der Waals surface area contributed by atoms with Gasteiger partial charge in [0.2, 0.25) is 12.7 Å². The van der Waals surface area contributed by atoms with Gasteiger partial charge in [0.1, 0.15) is 0 Å². The molecule has 2 aromatic carbocycles. The summed E-state index contributed by atoms with van der Waals surface area (Å²) in [6.45, 7) is 3.03. The van der Waals surface area contributed by atoms with Crippen molar-refractivity contribution in [1.29, 1.82) is 0 Å². The van der Waals surface area contributed by atoms with Crippen LogP contribution in [0, 0.1) is 0 Å². The van der Waals surface area contributed by atoms with E-state index in [4.69, 9.17) is 21.1 Å². The van der Waals surface area contributed by atoms with Gasteiger partial charge in [0.25, 0.3) is 0 Å². The number of ether oxygens (including phenoxy) is 2. The average molecular weight is 437 g/mol. The van der Waals surface area contributed by atoms with Crippen LogP contribution in [0.4, 0.5) is 5.82 Å². The highest BCUT2D eigenvalue weighted by Crippen LogP contribution is 2.35. The van der Waals surface area contributed by atoms with Crippen LogP contribution in [0.3, 0.4) is 0 Å². The molecule has 7 nitrogen and oxygen atoms in total. The van der Waals surface area contributed by atoms with Gasteiger partial charge in [-0.15, -0.1) is 10.2 Å². The number of rotatable bonds is 4. The molecular formula is C23H21ClN4O3. The average Bonchev–Trinajstić information content (AvgIpc) is 3.29. The highest BCUT2D eigenvalue weighted by Gasteiger charge is 2.22. The van der Waals surface area contributed by atoms with Gasteiger partial charge in [0.15, 0.2) is 17.3 Å². The van der Waals surface area contributed by atoms with Crippen LogP contribution in [0.1, 0.15) is 5.56 Å². The van der Waals surface area contributed by atoms with Gasteiger partial charge in [-0.25, -0.2) is 0 Å². The van der Waals surface area contributed by atoms with Crippen LogP contribution in [-0.4, -0.2) is 54.0 Å². The van der Waals surface area contributed by atoms with Gasteiger partial charge < -0.3 is 19.3 Å². The van der Waals surface area contributed by atoms with E-state index in [9.17, 15) is 4.79 Å². The second kappa shape index (κ2) is 8.43. The Labute approximate surface area is 185 Å². The molecule has 0 saturated carbocycles. The third-order valence-corrected chi connectivity index (χ3v) is 5.80. The molecule has 158 valence electrons. The zero-order valence-electron chi connectivity index (χ0n) is 16.8. The van der Waals surface area contributed by atoms with Crippen LogP contribution in [0.5, 0.6) is 11.5 Å². The lowest BCUT2D eigenvalue weighted by Crippen LogP contribution is -2.49. The largest absolute Gasteiger partial charge is 0.454 e. The molecule has 5 rings (SSSR count). The highest BCUT2D eigenvalue weighted by molar-refractivity contribution is 6.30. The lowest BCUT2D eigenvalue weighted by molar-refractivity contribution is -0.130. The van der Waals surface area contributed by atoms with Crippen molar-refractivity contribution in [3.8, 4) is 22.8 Å². The van der Waals surface area contributed by atoms with Crippen molar-refractivity contribution >= 4 is 23.3 Å². The summed E-state index contributed by atoms with van der Waals surface area (Å²) < 4.78 is 10.8. The smallest absolute Gasteiger partial charge is 0.231 e. The Hall–Kier alpha value is -3.32. The van der Waals surface area contributed by atoms with E-state index in [0.717, 1.165) is 47.2 Å². The van der Waals surface area contributed by atoms with Crippen LogP contribution in [0.25, 0.3) is 11.3 Å². The molecule has 0 atom stereocenters. The number of nitrogens with zero attached hydrogens (tertiary/aromatic N) is 4. The second-order valence-electron chi connectivity index (χ2n) is 7.52. The van der Waals surface area contributed by atoms with E-state index in [1.807, 2.05) is 59.5 Å². The van der Waals surface area contributed by atoms with Crippen molar-refractivity contribution in [2.24, 2.45) is 0 Å². The molecule has 3 aromatic rings. The zero-order valence-corrected chi connectivity index (χ0v) is 17.6. The van der Waals surface area contributed by atoms with Gasteiger partial charge in [0.05, 0.1) is 12.1 Å². The first-order valence-corrected chi connectivity index (χ1v) is 10.5. The summed E-state index contributed by atoms with van der Waals surface area (Å²) in [4.78, 5) is 16.7. The summed E-state index contributed by atoms with van der Waals surface area (Å²) in [6, 6.07) is 17.1. The number of aromatic nitrogens is 2. The van der Waals surface area contributed by atoms with E-state index in [0.29, 0.717) is 24.5 Å². The maximum atomic E-state index is 12.6. The monoisotopic (exact) mass is 436 g/mol. The molecule has 0 radical (unpaired) electrons. The predicted octanol–water partition coefficient (Wildman–Crippen LogP) is 3.42. The van der Waals surface area contributed by atoms with Gasteiger partial charge in [0, 0.05) is 36.8 Å². The Kier molecular flexibility index (Phi) is 5.34. The molecule has 0 unspecified atom stereocenters. The first-order chi connectivity index (χ1) is 15.2. The molecule has 0 aliphatic carbocycles. The first-order valence-electron chi connectivity index (χ1n) is 10.2. The van der Waals surface area contributed by atoms with Gasteiger partial charge in [-0.3, -0.25) is 4.79 Å². The minimum absolute atomic E-state index is 0.131. The lowest BCUT2D eigenvalue weighted by Gasteiger charge is -2.35. The number of piperazine rings is 1. The van der Waals surface area contributed by atoms with Gasteiger partial charge >= 0.3 is 0 Å². The van der Waals surface area contributed by atoms with E-state index in [1.165, 1.54) is 0 Å². The molecule has 0 N–H and O–H groups in total. The number of amides is 1. The Balaban J connectivity index is 1.19. The number of benzene rings is 2. The number of anilines is 1. The molecule has 1 amide bonds. The summed E-state index contributed by atoms with van der Waals surface area (Å²) in [7, 11) is 0. The fraction of sp³-hybridized carbons (Fsp3) is 0.261. The van der Waals surface area contributed by atoms with E-state index in [1.54, 1.807) is 0 Å². The van der Waals surface area contributed by atoms with Gasteiger partial charge in [-0.1, -0.05) is 23.7 Å². The summed E-state index contributed by atoms with van der Waals surface area (Å²) in [5, 5.41) is 9.47. The Morgan fingerprint density at radius 3 is 2.42 bits per heavy atom. The highest BCUT2D eigenvalue weighted by atomic mass is 35.5. The summed E-state index contributed by atoms with van der Waals surface area (Å²) in [6.07, 6.45) is 0.390. The fourth-order valence-corrected chi connectivity index (χ4v) is 3.90. The third kappa shape index (κ3) is 4.27. The fourth-order valence-electron chi connectivity index (χ4n) is 3.78. The van der Waals surface area contributed by atoms with Crippen molar-refractivity contribution in [3.63, 3.8) is 0 Å². The molecule has 3 heterocycles. The molecule has 1 fully saturated rings. The number of carbonyl (C=O) groups is 1. The van der Waals surface area contributed by atoms with Crippen molar-refractivity contribution < 1.29 is 14.3 Å². The van der Waals surface area contributed by atoms with Crippen molar-refractivity contribution in [3.05, 3.63) is 65.2 Å². The molecule has 8 heteroatoms. The normalized spacial score (nSPS) is 15.3. The molecule has 31 heavy (non-hydrogen) atoms. The van der Waals surface area contributed by atoms with Crippen molar-refractivity contribution in [1.82, 2.24) is 15.1 Å². The Morgan fingerprint density at radius 1 is 0.903 bits per heavy atom. The van der Waals surface area contributed by atoms with Crippen molar-refractivity contribution in [2.45, 2.75) is 6.42 Å². The zero-order chi connectivity index (χ0) is 21.2. The SMILES string of the molecule is O=C(Cc1ccc(Cl)cc1)N1CCN(c2ccc(-c3ccc4c(c3)OCO4)nn2)CC1. The summed E-state index contributed by atoms with van der Waals surface area (Å²) in [5.41, 5.74) is 2.68. The summed E-state index contributed by atoms with van der Waals surface area (Å²) >= 11 is 5.92. The summed E-state index contributed by atoms with van der Waals surface area (Å²) in [5.74, 6) is 2.42. The van der Waals surface area contributed by atoms with Crippen molar-refractivity contribution in [2.75, 3.05) is 37.9 Å². The lowest BCUT2D eigenvalue weighted by atomic mass is 10.1. The van der Waals surface area contributed by atoms with E-state index in [-0.39, 0.29) is 12.7 Å². The quantitative estimate of drug-likeness (QED) is 0.624. The minimum Gasteiger partial charge on any atom is -0.454 e. The number of hydrogen-bond acceptors (Lipinski definition) is 6. The standard InChI is InChI=1S/C23H21ClN4O3/c24-18-4-1-16(2-5-18)13-23(29)28-11-9-27(10-12-28)22-8-6-19(25-26-22)17-3-7-20-21(14-17)31-15-30-20/h1-8,14H,9-13,15H2. The maximum absolute atomic E-state index is 12.6. The number of fused-ring (bicyclic) bond motifs is 1. The van der Waals surface area contributed by atoms with Crippen LogP contribution < -0.4 is 14.4 Å². The van der Waals surface area contributed by atoms with E-state index >= 15 is 0 Å². The van der Waals surface area contributed by atoms with Gasteiger partial charge in [-0.05, 0) is 48.0 Å². The third-order valence-electron chi connectivity index (χ3n) is 5.54. The van der Waals surface area contributed by atoms with E-state index in [2.05, 4.69) is 15.1 Å². The van der Waals surface area contributed by atoms with Crippen LogP contribution >= 0.6 is 11.6 Å². The van der Waals surface area contributed by atoms with Crippen LogP contribution in [0.2, 0.25) is 5.02 Å². The molecule has 0 spiro atoms. The van der Waals surface area contributed by atoms with Crippen LogP contribution in [-0.2, 0) is 11.2 Å². The van der Waals surface area contributed by atoms with Crippen LogP contribution in [0.15, 0.2) is 54.6 Å². The predicted molar refractivity (Wildman–Crippen MR) is 118 cm³/mol. The second-order valence-corrected chi connectivity index (χ2v) is 7.95. The maximum Gasteiger partial charge on any atom is 0.231 e. The molecule has 0 bridgehead atoms. The van der Waals surface area contributed by atoms with Gasteiger partial charge in [-0.2, -0.15) is 0 Å². The minimum atomic E-state index is 0.131. The van der Waals surface area contributed by atoms with E-state index < -0.39 is 0 Å². The number of hydrogen-bond donors (Lipinski definition) is 0. The topological polar surface area (TPSA) is 67.8 Å². The Morgan fingerprint density at radius 2 is 1.68 bits per heavy atom. The molecule has 2 aliphatic heterocycles. The molecular weight excluding hydrogens is 416 g/mol. The molecule has 1 aromatic heterocycles. The number of halogens is 1. The number of carbonyl (C=O) groups excluding carboxylic acids is 1.